The van der Waals surface area contributed by atoms with Crippen molar-refractivity contribution < 1.29 is 9.53 Å². The molecule has 0 bridgehead atoms. The molecule has 1 amide bonds. The fourth-order valence-corrected chi connectivity index (χ4v) is 3.57. The van der Waals surface area contributed by atoms with Crippen LogP contribution in [0.2, 0.25) is 0 Å². The summed E-state index contributed by atoms with van der Waals surface area (Å²) < 4.78 is 5.42. The lowest BCUT2D eigenvalue weighted by molar-refractivity contribution is 0.102. The maximum atomic E-state index is 12.5. The van der Waals surface area contributed by atoms with E-state index in [9.17, 15) is 4.79 Å². The third kappa shape index (κ3) is 4.76. The van der Waals surface area contributed by atoms with Crippen LogP contribution >= 0.6 is 0 Å². The van der Waals surface area contributed by atoms with Crippen LogP contribution in [0.1, 0.15) is 36.5 Å². The number of hydrogen-bond donors (Lipinski definition) is 1. The van der Waals surface area contributed by atoms with Gasteiger partial charge in [0.2, 0.25) is 0 Å². The molecule has 2 aromatic carbocycles. The Morgan fingerprint density at radius 2 is 1.67 bits per heavy atom. The summed E-state index contributed by atoms with van der Waals surface area (Å²) in [5, 5.41) is 11.7. The van der Waals surface area contributed by atoms with Crippen molar-refractivity contribution in [3.05, 3.63) is 66.2 Å². The SMILES string of the molecule is CCOc1ccc(NC(=O)c2ccc(-c3ccc(N4CCCCC4)nn3)cc2)cc1. The molecule has 1 fully saturated rings. The highest BCUT2D eigenvalue weighted by Gasteiger charge is 2.13. The number of aromatic nitrogens is 2. The minimum Gasteiger partial charge on any atom is -0.494 e. The van der Waals surface area contributed by atoms with Gasteiger partial charge in [-0.1, -0.05) is 12.1 Å². The quantitative estimate of drug-likeness (QED) is 0.642. The summed E-state index contributed by atoms with van der Waals surface area (Å²) in [4.78, 5) is 14.8. The van der Waals surface area contributed by atoms with Crippen molar-refractivity contribution in [2.75, 3.05) is 29.9 Å². The molecule has 154 valence electrons. The molecule has 0 atom stereocenters. The second kappa shape index (κ2) is 9.39. The van der Waals surface area contributed by atoms with Crippen molar-refractivity contribution in [1.82, 2.24) is 10.2 Å². The number of piperidine rings is 1. The highest BCUT2D eigenvalue weighted by molar-refractivity contribution is 6.04. The average Bonchev–Trinajstić information content (AvgIpc) is 2.81. The van der Waals surface area contributed by atoms with Crippen LogP contribution in [0.15, 0.2) is 60.7 Å². The van der Waals surface area contributed by atoms with Crippen molar-refractivity contribution >= 4 is 17.4 Å². The van der Waals surface area contributed by atoms with Gasteiger partial charge in [-0.05, 0) is 74.7 Å². The molecular weight excluding hydrogens is 376 g/mol. The van der Waals surface area contributed by atoms with E-state index in [0.717, 1.165) is 41.6 Å². The van der Waals surface area contributed by atoms with E-state index in [-0.39, 0.29) is 5.91 Å². The Morgan fingerprint density at radius 1 is 0.933 bits per heavy atom. The number of amides is 1. The Bertz CT molecular complexity index is 964. The fourth-order valence-electron chi connectivity index (χ4n) is 3.57. The molecule has 3 aromatic rings. The molecule has 0 spiro atoms. The van der Waals surface area contributed by atoms with E-state index >= 15 is 0 Å². The average molecular weight is 402 g/mol. The van der Waals surface area contributed by atoms with Crippen molar-refractivity contribution in [1.29, 1.82) is 0 Å². The molecule has 6 nitrogen and oxygen atoms in total. The number of carbonyl (C=O) groups is 1. The molecular formula is C24H26N4O2. The second-order valence-corrected chi connectivity index (χ2v) is 7.31. The smallest absolute Gasteiger partial charge is 0.255 e. The van der Waals surface area contributed by atoms with Gasteiger partial charge in [0.1, 0.15) is 5.75 Å². The third-order valence-electron chi connectivity index (χ3n) is 5.20. The van der Waals surface area contributed by atoms with Gasteiger partial charge in [-0.3, -0.25) is 4.79 Å². The molecule has 0 saturated carbocycles. The molecule has 1 aliphatic heterocycles. The topological polar surface area (TPSA) is 67.3 Å². The fraction of sp³-hybridized carbons (Fsp3) is 0.292. The van der Waals surface area contributed by atoms with Crippen LogP contribution in [-0.2, 0) is 0 Å². The predicted molar refractivity (Wildman–Crippen MR) is 119 cm³/mol. The van der Waals surface area contributed by atoms with Crippen molar-refractivity contribution in [3.8, 4) is 17.0 Å². The zero-order valence-corrected chi connectivity index (χ0v) is 17.2. The lowest BCUT2D eigenvalue weighted by atomic mass is 10.1. The lowest BCUT2D eigenvalue weighted by Gasteiger charge is -2.27. The van der Waals surface area contributed by atoms with Crippen molar-refractivity contribution in [2.45, 2.75) is 26.2 Å². The molecule has 6 heteroatoms. The first-order chi connectivity index (χ1) is 14.7. The largest absolute Gasteiger partial charge is 0.494 e. The lowest BCUT2D eigenvalue weighted by Crippen LogP contribution is -2.30. The van der Waals surface area contributed by atoms with Gasteiger partial charge in [-0.25, -0.2) is 0 Å². The monoisotopic (exact) mass is 402 g/mol. The summed E-state index contributed by atoms with van der Waals surface area (Å²) in [7, 11) is 0. The Kier molecular flexibility index (Phi) is 6.23. The van der Waals surface area contributed by atoms with Crippen molar-refractivity contribution in [3.63, 3.8) is 0 Å². The molecule has 2 heterocycles. The van der Waals surface area contributed by atoms with E-state index in [1.165, 1.54) is 19.3 Å². The van der Waals surface area contributed by atoms with Gasteiger partial charge in [0, 0.05) is 29.9 Å². The highest BCUT2D eigenvalue weighted by atomic mass is 16.5. The van der Waals surface area contributed by atoms with Crippen LogP contribution in [0.3, 0.4) is 0 Å². The first-order valence-corrected chi connectivity index (χ1v) is 10.5. The first kappa shape index (κ1) is 19.9. The van der Waals surface area contributed by atoms with Crippen LogP contribution in [0.5, 0.6) is 5.75 Å². The molecule has 1 saturated heterocycles. The summed E-state index contributed by atoms with van der Waals surface area (Å²) in [6.45, 7) is 4.65. The van der Waals surface area contributed by atoms with Crippen LogP contribution in [-0.4, -0.2) is 35.8 Å². The third-order valence-corrected chi connectivity index (χ3v) is 5.20. The predicted octanol–water partition coefficient (Wildman–Crippen LogP) is 4.78. The summed E-state index contributed by atoms with van der Waals surface area (Å²) in [6.07, 6.45) is 3.72. The van der Waals surface area contributed by atoms with Gasteiger partial charge >= 0.3 is 0 Å². The van der Waals surface area contributed by atoms with Crippen LogP contribution in [0.25, 0.3) is 11.3 Å². The van der Waals surface area contributed by atoms with E-state index in [1.807, 2.05) is 55.5 Å². The van der Waals surface area contributed by atoms with Gasteiger partial charge in [-0.2, -0.15) is 0 Å². The van der Waals surface area contributed by atoms with E-state index in [2.05, 4.69) is 20.4 Å². The van der Waals surface area contributed by atoms with Crippen LogP contribution < -0.4 is 15.0 Å². The first-order valence-electron chi connectivity index (χ1n) is 10.5. The minimum atomic E-state index is -0.155. The molecule has 30 heavy (non-hydrogen) atoms. The number of nitrogens with zero attached hydrogens (tertiary/aromatic N) is 3. The molecule has 1 N–H and O–H groups in total. The van der Waals surface area contributed by atoms with E-state index < -0.39 is 0 Å². The van der Waals surface area contributed by atoms with Gasteiger partial charge in [0.15, 0.2) is 5.82 Å². The highest BCUT2D eigenvalue weighted by Crippen LogP contribution is 2.22. The summed E-state index contributed by atoms with van der Waals surface area (Å²) >= 11 is 0. The molecule has 0 aliphatic carbocycles. The second-order valence-electron chi connectivity index (χ2n) is 7.31. The molecule has 1 aliphatic rings. The minimum absolute atomic E-state index is 0.155. The maximum absolute atomic E-state index is 12.5. The van der Waals surface area contributed by atoms with Gasteiger partial charge in [-0.15, -0.1) is 10.2 Å². The maximum Gasteiger partial charge on any atom is 0.255 e. The van der Waals surface area contributed by atoms with Gasteiger partial charge in [0.05, 0.1) is 12.3 Å². The van der Waals surface area contributed by atoms with Crippen molar-refractivity contribution in [2.24, 2.45) is 0 Å². The zero-order chi connectivity index (χ0) is 20.8. The van der Waals surface area contributed by atoms with E-state index in [4.69, 9.17) is 4.74 Å². The Balaban J connectivity index is 1.40. The molecule has 1 aromatic heterocycles. The standard InChI is InChI=1S/C24H26N4O2/c1-2-30-21-12-10-20(11-13-21)25-24(29)19-8-6-18(7-9-19)22-14-15-23(27-26-22)28-16-4-3-5-17-28/h6-15H,2-5,16-17H2,1H3,(H,25,29). The summed E-state index contributed by atoms with van der Waals surface area (Å²) in [5.41, 5.74) is 3.05. The van der Waals surface area contributed by atoms with E-state index in [1.54, 1.807) is 12.1 Å². The Morgan fingerprint density at radius 3 is 2.30 bits per heavy atom. The molecule has 0 radical (unpaired) electrons. The van der Waals surface area contributed by atoms with Crippen LogP contribution in [0, 0.1) is 0 Å². The zero-order valence-electron chi connectivity index (χ0n) is 17.2. The number of rotatable bonds is 6. The molecule has 4 rings (SSSR count). The number of ether oxygens (including phenoxy) is 1. The number of nitrogens with one attached hydrogen (secondary N) is 1. The van der Waals surface area contributed by atoms with Crippen LogP contribution in [0.4, 0.5) is 11.5 Å². The number of hydrogen-bond acceptors (Lipinski definition) is 5. The Hall–Kier alpha value is -3.41. The Labute approximate surface area is 176 Å². The number of carbonyl (C=O) groups excluding carboxylic acids is 1. The van der Waals surface area contributed by atoms with E-state index in [0.29, 0.717) is 12.2 Å². The normalized spacial score (nSPS) is 13.7. The summed E-state index contributed by atoms with van der Waals surface area (Å²) in [6, 6.07) is 18.8. The summed E-state index contributed by atoms with van der Waals surface area (Å²) in [5.74, 6) is 1.56. The molecule has 0 unspecified atom stereocenters. The van der Waals surface area contributed by atoms with Gasteiger partial charge < -0.3 is 15.0 Å². The number of anilines is 2. The van der Waals surface area contributed by atoms with Gasteiger partial charge in [0.25, 0.3) is 5.91 Å². The number of benzene rings is 2.